The minimum Gasteiger partial charge on any atom is -0.484 e. The molecule has 29 heavy (non-hydrogen) atoms. The SMILES string of the molecule is CC(C)(C)c1cccc(OCC(=O)Nc2ccc(CCN3CCOCC3)cc2)c1. The lowest BCUT2D eigenvalue weighted by molar-refractivity contribution is -0.118. The topological polar surface area (TPSA) is 50.8 Å². The molecule has 5 heteroatoms. The average molecular weight is 397 g/mol. The highest BCUT2D eigenvalue weighted by molar-refractivity contribution is 5.91. The van der Waals surface area contributed by atoms with Crippen molar-refractivity contribution in [1.82, 2.24) is 4.90 Å². The van der Waals surface area contributed by atoms with Gasteiger partial charge in [-0.3, -0.25) is 9.69 Å². The first kappa shape index (κ1) is 21.3. The number of amides is 1. The molecule has 0 radical (unpaired) electrons. The number of hydrogen-bond acceptors (Lipinski definition) is 4. The molecule has 1 fully saturated rings. The Morgan fingerprint density at radius 2 is 1.83 bits per heavy atom. The molecular weight excluding hydrogens is 364 g/mol. The van der Waals surface area contributed by atoms with Crippen molar-refractivity contribution < 1.29 is 14.3 Å². The molecule has 1 aliphatic heterocycles. The van der Waals surface area contributed by atoms with Gasteiger partial charge in [-0.2, -0.15) is 0 Å². The summed E-state index contributed by atoms with van der Waals surface area (Å²) >= 11 is 0. The van der Waals surface area contributed by atoms with Crippen molar-refractivity contribution in [3.8, 4) is 5.75 Å². The first-order valence-electron chi connectivity index (χ1n) is 10.3. The van der Waals surface area contributed by atoms with Crippen molar-refractivity contribution in [3.05, 3.63) is 59.7 Å². The summed E-state index contributed by atoms with van der Waals surface area (Å²) in [7, 11) is 0. The largest absolute Gasteiger partial charge is 0.484 e. The van der Waals surface area contributed by atoms with E-state index in [1.54, 1.807) is 0 Å². The van der Waals surface area contributed by atoms with Crippen LogP contribution in [0.3, 0.4) is 0 Å². The number of nitrogens with zero attached hydrogens (tertiary/aromatic N) is 1. The van der Waals surface area contributed by atoms with E-state index in [0.29, 0.717) is 5.75 Å². The van der Waals surface area contributed by atoms with E-state index in [-0.39, 0.29) is 17.9 Å². The second kappa shape index (κ2) is 9.90. The molecule has 156 valence electrons. The van der Waals surface area contributed by atoms with Crippen LogP contribution in [0.4, 0.5) is 5.69 Å². The molecule has 2 aromatic carbocycles. The summed E-state index contributed by atoms with van der Waals surface area (Å²) < 4.78 is 11.1. The third-order valence-electron chi connectivity index (χ3n) is 5.13. The molecule has 1 amide bonds. The first-order chi connectivity index (χ1) is 13.9. The van der Waals surface area contributed by atoms with Gasteiger partial charge < -0.3 is 14.8 Å². The maximum atomic E-state index is 12.2. The summed E-state index contributed by atoms with van der Waals surface area (Å²) in [5.41, 5.74) is 3.29. The molecule has 1 N–H and O–H groups in total. The van der Waals surface area contributed by atoms with Gasteiger partial charge in [-0.05, 0) is 47.2 Å². The molecule has 1 saturated heterocycles. The fourth-order valence-corrected chi connectivity index (χ4v) is 3.27. The summed E-state index contributed by atoms with van der Waals surface area (Å²) in [5.74, 6) is 0.554. The number of anilines is 1. The van der Waals surface area contributed by atoms with Crippen LogP contribution in [0.1, 0.15) is 31.9 Å². The van der Waals surface area contributed by atoms with Crippen LogP contribution in [0.15, 0.2) is 48.5 Å². The maximum absolute atomic E-state index is 12.2. The molecule has 0 atom stereocenters. The van der Waals surface area contributed by atoms with E-state index >= 15 is 0 Å². The number of carbonyl (C=O) groups is 1. The molecule has 0 unspecified atom stereocenters. The highest BCUT2D eigenvalue weighted by Gasteiger charge is 2.14. The molecule has 0 saturated carbocycles. The standard InChI is InChI=1S/C24H32N2O3/c1-24(2,3)20-5-4-6-22(17-20)29-18-23(27)25-21-9-7-19(8-10-21)11-12-26-13-15-28-16-14-26/h4-10,17H,11-16,18H2,1-3H3,(H,25,27). The second-order valence-corrected chi connectivity index (χ2v) is 8.52. The van der Waals surface area contributed by atoms with Crippen molar-refractivity contribution in [2.45, 2.75) is 32.6 Å². The minimum absolute atomic E-state index is 0.00756. The predicted molar refractivity (Wildman–Crippen MR) is 117 cm³/mol. The normalized spacial score (nSPS) is 15.1. The maximum Gasteiger partial charge on any atom is 0.262 e. The Morgan fingerprint density at radius 3 is 2.52 bits per heavy atom. The molecule has 0 aliphatic carbocycles. The van der Waals surface area contributed by atoms with Crippen molar-refractivity contribution >= 4 is 11.6 Å². The summed E-state index contributed by atoms with van der Waals surface area (Å²) in [5, 5.41) is 2.90. The number of morpholine rings is 1. The molecular formula is C24H32N2O3. The molecule has 5 nitrogen and oxygen atoms in total. The van der Waals surface area contributed by atoms with Crippen LogP contribution in [-0.2, 0) is 21.4 Å². The highest BCUT2D eigenvalue weighted by atomic mass is 16.5. The fourth-order valence-electron chi connectivity index (χ4n) is 3.27. The molecule has 1 heterocycles. The van der Waals surface area contributed by atoms with Crippen LogP contribution < -0.4 is 10.1 Å². The van der Waals surface area contributed by atoms with Crippen molar-refractivity contribution in [2.24, 2.45) is 0 Å². The molecule has 2 aromatic rings. The Morgan fingerprint density at radius 1 is 1.10 bits per heavy atom. The summed E-state index contributed by atoms with van der Waals surface area (Å²) in [6.45, 7) is 11.2. The molecule has 0 spiro atoms. The number of nitrogens with one attached hydrogen (secondary N) is 1. The van der Waals surface area contributed by atoms with Gasteiger partial charge in [-0.15, -0.1) is 0 Å². The van der Waals surface area contributed by atoms with Crippen molar-refractivity contribution in [3.63, 3.8) is 0 Å². The second-order valence-electron chi connectivity index (χ2n) is 8.52. The van der Waals surface area contributed by atoms with Gasteiger partial charge in [0.1, 0.15) is 5.75 Å². The van der Waals surface area contributed by atoms with Gasteiger partial charge in [0.25, 0.3) is 5.91 Å². The van der Waals surface area contributed by atoms with Crippen LogP contribution >= 0.6 is 0 Å². The average Bonchev–Trinajstić information content (AvgIpc) is 2.72. The van der Waals surface area contributed by atoms with E-state index in [1.165, 1.54) is 11.1 Å². The Balaban J connectivity index is 1.44. The monoisotopic (exact) mass is 396 g/mol. The lowest BCUT2D eigenvalue weighted by atomic mass is 9.87. The van der Waals surface area contributed by atoms with Gasteiger partial charge in [0.05, 0.1) is 13.2 Å². The lowest BCUT2D eigenvalue weighted by Crippen LogP contribution is -2.37. The Labute approximate surface area is 174 Å². The van der Waals surface area contributed by atoms with E-state index in [1.807, 2.05) is 30.3 Å². The third-order valence-corrected chi connectivity index (χ3v) is 5.13. The van der Waals surface area contributed by atoms with E-state index in [2.05, 4.69) is 49.2 Å². The van der Waals surface area contributed by atoms with Crippen molar-refractivity contribution in [2.75, 3.05) is 44.8 Å². The van der Waals surface area contributed by atoms with Crippen molar-refractivity contribution in [1.29, 1.82) is 0 Å². The number of rotatable bonds is 7. The van der Waals surface area contributed by atoms with Crippen LogP contribution in [0, 0.1) is 0 Å². The summed E-state index contributed by atoms with van der Waals surface area (Å²) in [4.78, 5) is 14.7. The van der Waals surface area contributed by atoms with E-state index in [0.717, 1.165) is 45.0 Å². The van der Waals surface area contributed by atoms with Gasteiger partial charge in [0, 0.05) is 25.3 Å². The zero-order chi connectivity index (χ0) is 20.7. The van der Waals surface area contributed by atoms with Gasteiger partial charge in [-0.25, -0.2) is 0 Å². The molecule has 1 aliphatic rings. The van der Waals surface area contributed by atoms with Gasteiger partial charge >= 0.3 is 0 Å². The minimum atomic E-state index is -0.160. The zero-order valence-corrected chi connectivity index (χ0v) is 17.7. The van der Waals surface area contributed by atoms with E-state index < -0.39 is 0 Å². The number of hydrogen-bond donors (Lipinski definition) is 1. The first-order valence-corrected chi connectivity index (χ1v) is 10.3. The van der Waals surface area contributed by atoms with E-state index in [4.69, 9.17) is 9.47 Å². The van der Waals surface area contributed by atoms with Gasteiger partial charge in [0.2, 0.25) is 0 Å². The van der Waals surface area contributed by atoms with E-state index in [9.17, 15) is 4.79 Å². The van der Waals surface area contributed by atoms with Gasteiger partial charge in [-0.1, -0.05) is 45.0 Å². The third kappa shape index (κ3) is 6.87. The van der Waals surface area contributed by atoms with Crippen LogP contribution in [0.5, 0.6) is 5.75 Å². The highest BCUT2D eigenvalue weighted by Crippen LogP contribution is 2.25. The van der Waals surface area contributed by atoms with Gasteiger partial charge in [0.15, 0.2) is 6.61 Å². The van der Waals surface area contributed by atoms with Crippen LogP contribution in [0.25, 0.3) is 0 Å². The Hall–Kier alpha value is -2.37. The summed E-state index contributed by atoms with van der Waals surface area (Å²) in [6, 6.07) is 16.0. The number of ether oxygens (including phenoxy) is 2. The zero-order valence-electron chi connectivity index (χ0n) is 17.7. The van der Waals surface area contributed by atoms with Crippen LogP contribution in [-0.4, -0.2) is 50.3 Å². The molecule has 0 aromatic heterocycles. The molecule has 0 bridgehead atoms. The molecule has 3 rings (SSSR count). The Kier molecular flexibility index (Phi) is 7.29. The number of carbonyl (C=O) groups excluding carboxylic acids is 1. The number of benzene rings is 2. The smallest absolute Gasteiger partial charge is 0.262 e. The van der Waals surface area contributed by atoms with Crippen LogP contribution in [0.2, 0.25) is 0 Å². The Bertz CT molecular complexity index is 791. The predicted octanol–water partition coefficient (Wildman–Crippen LogP) is 3.88. The fraction of sp³-hybridized carbons (Fsp3) is 0.458. The lowest BCUT2D eigenvalue weighted by Gasteiger charge is -2.26. The quantitative estimate of drug-likeness (QED) is 0.772. The summed E-state index contributed by atoms with van der Waals surface area (Å²) in [6.07, 6.45) is 1.00.